The van der Waals surface area contributed by atoms with Crippen LogP contribution in [0.3, 0.4) is 0 Å². The van der Waals surface area contributed by atoms with Gasteiger partial charge >= 0.3 is 0 Å². The van der Waals surface area contributed by atoms with Crippen LogP contribution in [0.25, 0.3) is 0 Å². The van der Waals surface area contributed by atoms with Gasteiger partial charge in [-0.25, -0.2) is 4.39 Å². The number of rotatable bonds is 6. The molecule has 35 heavy (non-hydrogen) atoms. The zero-order chi connectivity index (χ0) is 25.2. The lowest BCUT2D eigenvalue weighted by molar-refractivity contribution is -0.134. The first kappa shape index (κ1) is 25.1. The molecule has 3 aromatic rings. The average Bonchev–Trinajstić information content (AvgIpc) is 3.31. The third-order valence-electron chi connectivity index (χ3n) is 6.56. The molecule has 0 spiro atoms. The minimum absolute atomic E-state index is 0.0285. The summed E-state index contributed by atoms with van der Waals surface area (Å²) >= 11 is 1.73. The predicted octanol–water partition coefficient (Wildman–Crippen LogP) is 6.21. The second kappa shape index (κ2) is 10.3. The number of amides is 2. The second-order valence-electron chi connectivity index (χ2n) is 10.1. The molecule has 1 unspecified atom stereocenters. The Morgan fingerprint density at radius 3 is 2.51 bits per heavy atom. The topological polar surface area (TPSA) is 40.6 Å². The van der Waals surface area contributed by atoms with Gasteiger partial charge in [0.1, 0.15) is 12.4 Å². The molecule has 0 saturated carbocycles. The molecule has 4 nitrogen and oxygen atoms in total. The van der Waals surface area contributed by atoms with Crippen molar-refractivity contribution in [1.29, 1.82) is 0 Å². The number of benzene rings is 2. The van der Waals surface area contributed by atoms with E-state index in [1.54, 1.807) is 22.3 Å². The molecular formula is C29H33FN2O2S. The second-order valence-corrected chi connectivity index (χ2v) is 11.1. The van der Waals surface area contributed by atoms with Gasteiger partial charge in [0.15, 0.2) is 0 Å². The van der Waals surface area contributed by atoms with Crippen LogP contribution in [0.1, 0.15) is 72.1 Å². The summed E-state index contributed by atoms with van der Waals surface area (Å²) in [7, 11) is 0. The first-order chi connectivity index (χ1) is 16.7. The fraction of sp³-hybridized carbons (Fsp3) is 0.379. The summed E-state index contributed by atoms with van der Waals surface area (Å²) in [5.41, 5.74) is 3.79. The van der Waals surface area contributed by atoms with Gasteiger partial charge in [0.05, 0.1) is 6.04 Å². The first-order valence-corrected chi connectivity index (χ1v) is 13.1. The fourth-order valence-corrected chi connectivity index (χ4v) is 5.59. The summed E-state index contributed by atoms with van der Waals surface area (Å²) in [4.78, 5) is 31.6. The van der Waals surface area contributed by atoms with Gasteiger partial charge in [0.25, 0.3) is 5.91 Å². The Morgan fingerprint density at radius 1 is 1.11 bits per heavy atom. The lowest BCUT2D eigenvalue weighted by atomic mass is 9.85. The van der Waals surface area contributed by atoms with E-state index in [-0.39, 0.29) is 35.4 Å². The predicted molar refractivity (Wildman–Crippen MR) is 139 cm³/mol. The Kier molecular flexibility index (Phi) is 7.41. The van der Waals surface area contributed by atoms with E-state index in [2.05, 4.69) is 56.5 Å². The zero-order valence-electron chi connectivity index (χ0n) is 20.9. The molecule has 4 rings (SSSR count). The van der Waals surface area contributed by atoms with E-state index in [9.17, 15) is 14.0 Å². The van der Waals surface area contributed by atoms with Crippen molar-refractivity contribution in [3.8, 4) is 0 Å². The molecule has 2 heterocycles. The molecule has 1 atom stereocenters. The Hall–Kier alpha value is -2.99. The maximum absolute atomic E-state index is 13.7. The number of fused-ring (bicyclic) bond motifs is 1. The van der Waals surface area contributed by atoms with Crippen LogP contribution in [0, 0.1) is 5.82 Å². The number of thiophene rings is 1. The van der Waals surface area contributed by atoms with Crippen LogP contribution < -0.4 is 0 Å². The van der Waals surface area contributed by atoms with Crippen LogP contribution in [0.5, 0.6) is 0 Å². The largest absolute Gasteiger partial charge is 0.330 e. The van der Waals surface area contributed by atoms with Gasteiger partial charge in [-0.1, -0.05) is 58.0 Å². The lowest BCUT2D eigenvalue weighted by Gasteiger charge is -2.38. The van der Waals surface area contributed by atoms with Crippen molar-refractivity contribution in [2.24, 2.45) is 0 Å². The number of hydrogen-bond donors (Lipinski definition) is 0. The summed E-state index contributed by atoms with van der Waals surface area (Å²) in [5, 5.41) is 2.09. The highest BCUT2D eigenvalue weighted by Crippen LogP contribution is 2.38. The number of hydrogen-bond acceptors (Lipinski definition) is 3. The number of carbonyl (C=O) groups excluding carboxylic acids is 2. The van der Waals surface area contributed by atoms with Crippen molar-refractivity contribution in [3.05, 3.63) is 92.9 Å². The highest BCUT2D eigenvalue weighted by Gasteiger charge is 2.34. The smallest absolute Gasteiger partial charge is 0.254 e. The Labute approximate surface area is 211 Å². The SMILES string of the molecule is CCCN(CC(=O)N1CCc2sccc2C1c1ccc(C(C)(C)C)cc1)C(=O)c1cccc(F)c1. The lowest BCUT2D eigenvalue weighted by Crippen LogP contribution is -2.47. The molecule has 6 heteroatoms. The molecule has 0 bridgehead atoms. The maximum atomic E-state index is 13.7. The molecule has 0 fully saturated rings. The minimum atomic E-state index is -0.460. The van der Waals surface area contributed by atoms with Gasteiger partial charge in [-0.05, 0) is 64.6 Å². The number of carbonyl (C=O) groups is 2. The van der Waals surface area contributed by atoms with Crippen molar-refractivity contribution in [1.82, 2.24) is 9.80 Å². The molecule has 0 N–H and O–H groups in total. The first-order valence-electron chi connectivity index (χ1n) is 12.2. The molecular weight excluding hydrogens is 459 g/mol. The van der Waals surface area contributed by atoms with Crippen LogP contribution in [0.15, 0.2) is 60.0 Å². The third kappa shape index (κ3) is 5.48. The van der Waals surface area contributed by atoms with E-state index in [1.165, 1.54) is 28.6 Å². The van der Waals surface area contributed by atoms with E-state index >= 15 is 0 Å². The van der Waals surface area contributed by atoms with Crippen molar-refractivity contribution in [2.45, 2.75) is 52.0 Å². The van der Waals surface area contributed by atoms with E-state index in [0.717, 1.165) is 17.5 Å². The van der Waals surface area contributed by atoms with E-state index in [1.807, 2.05) is 11.8 Å². The van der Waals surface area contributed by atoms with Crippen LogP contribution in [-0.4, -0.2) is 41.2 Å². The van der Waals surface area contributed by atoms with Crippen molar-refractivity contribution in [3.63, 3.8) is 0 Å². The monoisotopic (exact) mass is 492 g/mol. The molecule has 0 aliphatic carbocycles. The summed E-state index contributed by atoms with van der Waals surface area (Å²) in [5.74, 6) is -0.873. The Balaban J connectivity index is 1.62. The molecule has 1 aliphatic heterocycles. The van der Waals surface area contributed by atoms with Gasteiger partial charge in [-0.3, -0.25) is 9.59 Å². The molecule has 1 aliphatic rings. The molecule has 0 saturated heterocycles. The standard InChI is InChI=1S/C29H33FN2O2S/c1-5-15-31(28(34)21-7-6-8-23(30)18-21)19-26(33)32-16-13-25-24(14-17-35-25)27(32)20-9-11-22(12-10-20)29(2,3)4/h6-12,14,17-18,27H,5,13,15-16,19H2,1-4H3. The van der Waals surface area contributed by atoms with Crippen LogP contribution in [-0.2, 0) is 16.6 Å². The van der Waals surface area contributed by atoms with Crippen molar-refractivity contribution < 1.29 is 14.0 Å². The summed E-state index contributed by atoms with van der Waals surface area (Å²) in [6.45, 7) is 9.54. The quantitative estimate of drug-likeness (QED) is 0.410. The van der Waals surface area contributed by atoms with Gasteiger partial charge in [0, 0.05) is 23.5 Å². The van der Waals surface area contributed by atoms with E-state index < -0.39 is 5.82 Å². The highest BCUT2D eigenvalue weighted by atomic mass is 32.1. The summed E-state index contributed by atoms with van der Waals surface area (Å²) in [6, 6.07) is 16.1. The van der Waals surface area contributed by atoms with E-state index in [0.29, 0.717) is 19.5 Å². The van der Waals surface area contributed by atoms with Crippen molar-refractivity contribution >= 4 is 23.2 Å². The molecule has 1 aromatic heterocycles. The number of halogens is 1. The molecule has 184 valence electrons. The van der Waals surface area contributed by atoms with Gasteiger partial charge < -0.3 is 9.80 Å². The highest BCUT2D eigenvalue weighted by molar-refractivity contribution is 7.10. The zero-order valence-corrected chi connectivity index (χ0v) is 21.7. The van der Waals surface area contributed by atoms with Crippen LogP contribution in [0.2, 0.25) is 0 Å². The summed E-state index contributed by atoms with van der Waals surface area (Å²) < 4.78 is 13.7. The van der Waals surface area contributed by atoms with Crippen LogP contribution in [0.4, 0.5) is 4.39 Å². The van der Waals surface area contributed by atoms with Crippen molar-refractivity contribution in [2.75, 3.05) is 19.6 Å². The third-order valence-corrected chi connectivity index (χ3v) is 7.55. The van der Waals surface area contributed by atoms with Gasteiger partial charge in [-0.2, -0.15) is 0 Å². The van der Waals surface area contributed by atoms with E-state index in [4.69, 9.17) is 0 Å². The van der Waals surface area contributed by atoms with Gasteiger partial charge in [0.2, 0.25) is 5.91 Å². The Morgan fingerprint density at radius 2 is 1.86 bits per heavy atom. The number of nitrogens with zero attached hydrogens (tertiary/aromatic N) is 2. The minimum Gasteiger partial charge on any atom is -0.330 e. The molecule has 0 radical (unpaired) electrons. The molecule has 2 amide bonds. The van der Waals surface area contributed by atoms with Gasteiger partial charge in [-0.15, -0.1) is 11.3 Å². The average molecular weight is 493 g/mol. The summed E-state index contributed by atoms with van der Waals surface area (Å²) in [6.07, 6.45) is 1.52. The molecule has 2 aromatic carbocycles. The maximum Gasteiger partial charge on any atom is 0.254 e. The Bertz CT molecular complexity index is 1200. The normalized spacial score (nSPS) is 15.6. The van der Waals surface area contributed by atoms with Crippen LogP contribution >= 0.6 is 11.3 Å². The fourth-order valence-electron chi connectivity index (χ4n) is 4.69.